The number of carbonyl (C=O) groups is 2. The number of anilines is 4. The Labute approximate surface area is 207 Å². The lowest BCUT2D eigenvalue weighted by Gasteiger charge is -2.39. The molecule has 1 aromatic heterocycles. The highest BCUT2D eigenvalue weighted by Crippen LogP contribution is 2.46. The fourth-order valence-electron chi connectivity index (χ4n) is 3.77. The van der Waals surface area contributed by atoms with E-state index in [1.807, 2.05) is 4.98 Å². The van der Waals surface area contributed by atoms with Gasteiger partial charge in [-0.25, -0.2) is 9.36 Å². The molecule has 0 fully saturated rings. The zero-order valence-electron chi connectivity index (χ0n) is 19.5. The van der Waals surface area contributed by atoms with Gasteiger partial charge in [-0.1, -0.05) is 0 Å². The van der Waals surface area contributed by atoms with E-state index in [2.05, 4.69) is 9.51 Å². The number of carboxylic acid groups (broad SMARTS) is 1. The summed E-state index contributed by atoms with van der Waals surface area (Å²) in [5.41, 5.74) is -0.965. The predicted molar refractivity (Wildman–Crippen MR) is 126 cm³/mol. The molecule has 0 aliphatic carbocycles. The van der Waals surface area contributed by atoms with Crippen molar-refractivity contribution in [1.29, 1.82) is 0 Å². The molecule has 202 valence electrons. The van der Waals surface area contributed by atoms with Crippen molar-refractivity contribution in [2.75, 3.05) is 23.0 Å². The van der Waals surface area contributed by atoms with Crippen LogP contribution in [0, 0.1) is 13.8 Å². The number of aromatic amines is 2. The number of carboxylic acids is 1. The number of aromatic nitrogens is 2. The molecule has 37 heavy (non-hydrogen) atoms. The first-order chi connectivity index (χ1) is 17.1. The molecule has 2 aromatic rings. The molecule has 1 aliphatic rings. The predicted octanol–water partition coefficient (Wildman–Crippen LogP) is -1.54. The van der Waals surface area contributed by atoms with Crippen molar-refractivity contribution in [1.82, 2.24) is 9.97 Å². The number of H-pyrrole nitrogens is 2. The quantitative estimate of drug-likeness (QED) is 0.132. The van der Waals surface area contributed by atoms with Gasteiger partial charge in [-0.05, 0) is 37.1 Å². The van der Waals surface area contributed by atoms with Gasteiger partial charge in [-0.2, -0.15) is 0 Å². The first-order valence-electron chi connectivity index (χ1n) is 10.6. The number of benzene rings is 1. The minimum Gasteiger partial charge on any atom is -0.481 e. The number of phosphoric acid groups is 1. The van der Waals surface area contributed by atoms with E-state index in [4.69, 9.17) is 14.9 Å². The summed E-state index contributed by atoms with van der Waals surface area (Å²) in [4.78, 5) is 73.0. The lowest BCUT2D eigenvalue weighted by molar-refractivity contribution is -0.139. The smallest absolute Gasteiger partial charge is 0.469 e. The zero-order valence-corrected chi connectivity index (χ0v) is 20.4. The van der Waals surface area contributed by atoms with Crippen LogP contribution in [0.1, 0.15) is 17.5 Å². The highest BCUT2D eigenvalue weighted by atomic mass is 31.2. The average Bonchev–Trinajstić information content (AvgIpc) is 2.77. The Kier molecular flexibility index (Phi) is 8.04. The van der Waals surface area contributed by atoms with Crippen LogP contribution in [0.5, 0.6) is 0 Å². The molecular weight excluding hydrogens is 519 g/mol. The van der Waals surface area contributed by atoms with Crippen LogP contribution in [0.4, 0.5) is 22.9 Å². The van der Waals surface area contributed by atoms with Gasteiger partial charge in [0.2, 0.25) is 5.91 Å². The lowest BCUT2D eigenvalue weighted by Crippen LogP contribution is -2.48. The van der Waals surface area contributed by atoms with Gasteiger partial charge in [0.05, 0.1) is 24.5 Å². The summed E-state index contributed by atoms with van der Waals surface area (Å²) in [5, 5.41) is 40.1. The number of hydrogen-bond donors (Lipinski definition) is 8. The van der Waals surface area contributed by atoms with Gasteiger partial charge >= 0.3 is 19.5 Å². The Bertz CT molecular complexity index is 1380. The zero-order chi connectivity index (χ0) is 27.8. The third-order valence-electron chi connectivity index (χ3n) is 5.64. The first-order valence-corrected chi connectivity index (χ1v) is 12.2. The van der Waals surface area contributed by atoms with Crippen LogP contribution in [-0.2, 0) is 18.7 Å². The monoisotopic (exact) mass is 544 g/mol. The molecule has 1 amide bonds. The van der Waals surface area contributed by atoms with Crippen molar-refractivity contribution >= 4 is 42.6 Å². The van der Waals surface area contributed by atoms with Crippen LogP contribution in [0.2, 0.25) is 0 Å². The van der Waals surface area contributed by atoms with E-state index in [1.54, 1.807) is 19.9 Å². The number of phosphoric ester groups is 1. The SMILES string of the molecule is Cc1cc2c(cc1C)N(C(=O)CC(=O)O)c1c([nH]c(=O)[nH]c1=O)N2C[C@H](O)[C@H](O)[C@H](O)COP(=O)(O)O. The Balaban J connectivity index is 2.12. The van der Waals surface area contributed by atoms with Crippen LogP contribution in [0.15, 0.2) is 21.7 Å². The highest BCUT2D eigenvalue weighted by molar-refractivity contribution is 7.46. The number of carbonyl (C=O) groups excluding carboxylic acids is 1. The number of aliphatic hydroxyl groups is 3. The second kappa shape index (κ2) is 10.5. The molecule has 17 heteroatoms. The second-order valence-electron chi connectivity index (χ2n) is 8.35. The van der Waals surface area contributed by atoms with Crippen molar-refractivity contribution in [3.05, 3.63) is 44.1 Å². The third kappa shape index (κ3) is 6.14. The molecule has 0 unspecified atom stereocenters. The van der Waals surface area contributed by atoms with Gasteiger partial charge in [0.15, 0.2) is 5.69 Å². The van der Waals surface area contributed by atoms with Crippen LogP contribution >= 0.6 is 7.82 Å². The number of aliphatic carboxylic acids is 1. The van der Waals surface area contributed by atoms with E-state index in [0.29, 0.717) is 11.1 Å². The van der Waals surface area contributed by atoms with Gasteiger partial charge in [-0.3, -0.25) is 33.8 Å². The van der Waals surface area contributed by atoms with Crippen LogP contribution in [-0.4, -0.2) is 83.5 Å². The Morgan fingerprint density at radius 2 is 1.62 bits per heavy atom. The van der Waals surface area contributed by atoms with Crippen LogP contribution in [0.3, 0.4) is 0 Å². The number of aliphatic hydroxyl groups excluding tert-OH is 3. The largest absolute Gasteiger partial charge is 0.481 e. The number of rotatable bonds is 9. The van der Waals surface area contributed by atoms with Gasteiger partial charge in [0.1, 0.15) is 30.6 Å². The van der Waals surface area contributed by atoms with Gasteiger partial charge in [0, 0.05) is 0 Å². The fraction of sp³-hybridized carbons (Fsp3) is 0.400. The van der Waals surface area contributed by atoms with E-state index in [1.165, 1.54) is 11.0 Å². The van der Waals surface area contributed by atoms with Crippen molar-refractivity contribution < 1.29 is 48.9 Å². The summed E-state index contributed by atoms with van der Waals surface area (Å²) in [7, 11) is -4.98. The summed E-state index contributed by atoms with van der Waals surface area (Å²) < 4.78 is 15.0. The van der Waals surface area contributed by atoms with Gasteiger partial charge < -0.3 is 35.1 Å². The number of nitrogens with one attached hydrogen (secondary N) is 2. The molecule has 3 rings (SSSR count). The maximum Gasteiger partial charge on any atom is 0.469 e. The van der Waals surface area contributed by atoms with E-state index in [9.17, 15) is 39.1 Å². The maximum absolute atomic E-state index is 12.9. The number of hydrogen-bond acceptors (Lipinski definition) is 10. The topological polar surface area (TPSA) is 254 Å². The number of nitrogens with zero attached hydrogens (tertiary/aromatic N) is 2. The molecule has 0 bridgehead atoms. The first kappa shape index (κ1) is 28.2. The Hall–Kier alpha value is -3.37. The molecule has 1 aliphatic heterocycles. The van der Waals surface area contributed by atoms with E-state index >= 15 is 0 Å². The lowest BCUT2D eigenvalue weighted by atomic mass is 10.0. The normalized spacial score (nSPS) is 15.5. The molecule has 1 aromatic carbocycles. The summed E-state index contributed by atoms with van der Waals surface area (Å²) in [6, 6.07) is 3.04. The molecule has 0 saturated heterocycles. The molecular formula is C20H25N4O12P. The molecule has 8 N–H and O–H groups in total. The molecule has 3 atom stereocenters. The maximum atomic E-state index is 12.9. The number of fused-ring (bicyclic) bond motifs is 2. The number of aryl methyl sites for hydroxylation is 2. The fourth-order valence-corrected chi connectivity index (χ4v) is 4.12. The van der Waals surface area contributed by atoms with Crippen molar-refractivity contribution in [3.63, 3.8) is 0 Å². The van der Waals surface area contributed by atoms with Crippen molar-refractivity contribution in [3.8, 4) is 0 Å². The van der Waals surface area contributed by atoms with Gasteiger partial charge in [0.25, 0.3) is 5.56 Å². The van der Waals surface area contributed by atoms with Crippen molar-refractivity contribution in [2.45, 2.75) is 38.6 Å². The number of β-amino-alcohol motifs (C(OH)–C–C–N with tert-alkyl or cyclic N) is 1. The minimum atomic E-state index is -4.98. The van der Waals surface area contributed by atoms with Crippen molar-refractivity contribution in [2.24, 2.45) is 0 Å². The summed E-state index contributed by atoms with van der Waals surface area (Å²) >= 11 is 0. The summed E-state index contributed by atoms with van der Waals surface area (Å²) in [6.45, 7) is 1.78. The van der Waals surface area contributed by atoms with Crippen LogP contribution in [0.25, 0.3) is 0 Å². The summed E-state index contributed by atoms with van der Waals surface area (Å²) in [5.74, 6) is -2.78. The molecule has 16 nitrogen and oxygen atoms in total. The minimum absolute atomic E-state index is 0.0477. The van der Waals surface area contributed by atoms with Crippen LogP contribution < -0.4 is 21.0 Å². The Morgan fingerprint density at radius 3 is 2.19 bits per heavy atom. The average molecular weight is 544 g/mol. The molecule has 0 spiro atoms. The third-order valence-corrected chi connectivity index (χ3v) is 6.12. The molecule has 0 radical (unpaired) electrons. The highest BCUT2D eigenvalue weighted by Gasteiger charge is 2.38. The molecule has 0 saturated carbocycles. The van der Waals surface area contributed by atoms with E-state index < -0.39 is 74.5 Å². The van der Waals surface area contributed by atoms with E-state index in [-0.39, 0.29) is 17.2 Å². The second-order valence-corrected chi connectivity index (χ2v) is 9.59. The standard InChI is InChI=1S/C20H25N4O12P/c1-8-3-10-11(4-9(8)2)24(14(27)5-15(28)29)16-18(21-20(32)22-19(16)31)23(10)6-12(25)17(30)13(26)7-36-37(33,34)35/h3-4,12-13,17,25-26,30H,5-7H2,1-2H3,(H,28,29)(H2,33,34,35)(H2,21,22,31,32)/t12-,13+,17-/m0/s1. The molecule has 2 heterocycles. The number of amides is 1. The Morgan fingerprint density at radius 1 is 1.03 bits per heavy atom. The van der Waals surface area contributed by atoms with E-state index in [0.717, 1.165) is 4.90 Å². The van der Waals surface area contributed by atoms with Gasteiger partial charge in [-0.15, -0.1) is 0 Å². The summed E-state index contributed by atoms with van der Waals surface area (Å²) in [6.07, 6.45) is -6.79.